The summed E-state index contributed by atoms with van der Waals surface area (Å²) in [5.41, 5.74) is -4.49. The Kier molecular flexibility index (Phi) is 18.8. The van der Waals surface area contributed by atoms with Crippen molar-refractivity contribution in [1.82, 2.24) is 4.90 Å². The third-order valence-electron chi connectivity index (χ3n) is 12.6. The molecule has 5 N–H and O–H groups in total. The third kappa shape index (κ3) is 12.1. The molecule has 0 radical (unpaired) electrons. The van der Waals surface area contributed by atoms with Crippen LogP contribution in [0.5, 0.6) is 0 Å². The molecule has 0 aromatic carbocycles. The molecule has 3 heterocycles. The van der Waals surface area contributed by atoms with Crippen LogP contribution >= 0.6 is 0 Å². The van der Waals surface area contributed by atoms with E-state index < -0.39 is 102 Å². The van der Waals surface area contributed by atoms with E-state index in [2.05, 4.69) is 5.16 Å². The summed E-state index contributed by atoms with van der Waals surface area (Å²) in [4.78, 5) is 21.8. The molecule has 0 spiro atoms. The van der Waals surface area contributed by atoms with Crippen LogP contribution in [0, 0.1) is 23.7 Å². The normalized spacial score (nSPS) is 45.8. The SMILES string of the molecule is CC[C@H]1OC(=O)[C@H](C)C(OC2CC(C)(OC)C(O)C(C)O2)[C@H](C)[C@@H](OC2OC(C)CC(N(C)C)C2O)[C@](C)(O)C[C@@H](C)/C(=N\OCOCCOC)[C@H](C)[C@@H](O)[C@]1(C)O. The number of rotatable bonds is 13. The van der Waals surface area contributed by atoms with Crippen molar-refractivity contribution in [2.24, 2.45) is 28.8 Å². The molecule has 18 atom stereocenters. The lowest BCUT2D eigenvalue weighted by Gasteiger charge is -2.49. The van der Waals surface area contributed by atoms with Gasteiger partial charge in [0, 0.05) is 44.4 Å². The Morgan fingerprint density at radius 1 is 0.897 bits per heavy atom. The smallest absolute Gasteiger partial charge is 0.311 e. The van der Waals surface area contributed by atoms with E-state index in [0.717, 1.165) is 0 Å². The molecule has 58 heavy (non-hydrogen) atoms. The summed E-state index contributed by atoms with van der Waals surface area (Å²) in [6, 6.07) is -0.328. The van der Waals surface area contributed by atoms with E-state index in [4.69, 9.17) is 42.7 Å². The van der Waals surface area contributed by atoms with Gasteiger partial charge in [-0.3, -0.25) is 4.79 Å². The lowest BCUT2D eigenvalue weighted by Crippen LogP contribution is -2.61. The summed E-state index contributed by atoms with van der Waals surface area (Å²) in [6.07, 6.45) is -9.49. The zero-order valence-electron chi connectivity index (χ0n) is 37.3. The van der Waals surface area contributed by atoms with Gasteiger partial charge in [-0.2, -0.15) is 0 Å². The van der Waals surface area contributed by atoms with Crippen LogP contribution in [0.15, 0.2) is 5.16 Å². The first kappa shape index (κ1) is 50.8. The minimum Gasteiger partial charge on any atom is -0.459 e. The van der Waals surface area contributed by atoms with Gasteiger partial charge in [-0.25, -0.2) is 0 Å². The van der Waals surface area contributed by atoms with E-state index in [0.29, 0.717) is 18.7 Å². The van der Waals surface area contributed by atoms with E-state index >= 15 is 0 Å². The van der Waals surface area contributed by atoms with Crippen molar-refractivity contribution in [2.75, 3.05) is 48.3 Å². The molecule has 0 bridgehead atoms. The molecule has 0 aromatic rings. The van der Waals surface area contributed by atoms with Crippen molar-refractivity contribution in [3.63, 3.8) is 0 Å². The number of aliphatic hydroxyl groups is 5. The van der Waals surface area contributed by atoms with E-state index in [1.54, 1.807) is 55.6 Å². The zero-order chi connectivity index (χ0) is 43.9. The van der Waals surface area contributed by atoms with Crippen molar-refractivity contribution in [2.45, 2.75) is 179 Å². The van der Waals surface area contributed by atoms with Crippen LogP contribution < -0.4 is 0 Å². The topological polar surface area (TPSA) is 217 Å². The average Bonchev–Trinajstić information content (AvgIpc) is 3.15. The molecule has 9 unspecified atom stereocenters. The Labute approximate surface area is 345 Å². The summed E-state index contributed by atoms with van der Waals surface area (Å²) >= 11 is 0. The van der Waals surface area contributed by atoms with Gasteiger partial charge in [0.1, 0.15) is 23.9 Å². The Balaban J connectivity index is 2.22. The maximum atomic E-state index is 14.3. The van der Waals surface area contributed by atoms with Crippen LogP contribution in [0.3, 0.4) is 0 Å². The second kappa shape index (κ2) is 21.5. The maximum absolute atomic E-state index is 14.3. The van der Waals surface area contributed by atoms with Crippen LogP contribution in [0.2, 0.25) is 0 Å². The number of hydrogen-bond donors (Lipinski definition) is 5. The number of esters is 1. The highest BCUT2D eigenvalue weighted by molar-refractivity contribution is 5.88. The van der Waals surface area contributed by atoms with Crippen LogP contribution in [0.25, 0.3) is 0 Å². The summed E-state index contributed by atoms with van der Waals surface area (Å²) < 4.78 is 48.1. The highest BCUT2D eigenvalue weighted by atomic mass is 16.7. The molecule has 0 amide bonds. The Bertz CT molecular complexity index is 1300. The van der Waals surface area contributed by atoms with E-state index in [1.807, 2.05) is 32.8 Å². The predicted molar refractivity (Wildman–Crippen MR) is 212 cm³/mol. The van der Waals surface area contributed by atoms with Crippen molar-refractivity contribution in [1.29, 1.82) is 0 Å². The third-order valence-corrected chi connectivity index (χ3v) is 12.6. The fraction of sp³-hybridized carbons (Fsp3) is 0.951. The van der Waals surface area contributed by atoms with Gasteiger partial charge in [-0.05, 0) is 74.9 Å². The lowest BCUT2D eigenvalue weighted by molar-refractivity contribution is -0.317. The summed E-state index contributed by atoms with van der Waals surface area (Å²) in [5, 5.41) is 63.6. The molecule has 0 aromatic heterocycles. The highest BCUT2D eigenvalue weighted by Gasteiger charge is 2.53. The second-order valence-electron chi connectivity index (χ2n) is 17.7. The summed E-state index contributed by atoms with van der Waals surface area (Å²) in [7, 11) is 6.76. The van der Waals surface area contributed by atoms with Gasteiger partial charge in [0.15, 0.2) is 12.6 Å². The second-order valence-corrected chi connectivity index (χ2v) is 17.7. The number of aliphatic hydroxyl groups excluding tert-OH is 3. The van der Waals surface area contributed by atoms with E-state index in [9.17, 15) is 30.3 Å². The molecule has 3 fully saturated rings. The first-order valence-corrected chi connectivity index (χ1v) is 20.8. The monoisotopic (exact) mass is 837 g/mol. The molecular formula is C41H76N2O15. The van der Waals surface area contributed by atoms with Crippen LogP contribution in [0.4, 0.5) is 0 Å². The standard InChI is InChI=1S/C41H76N2O15/c1-15-29-41(10,49)34(45)24(4)31(42-53-21-52-17-16-50-13)22(2)19-39(8,48)36(58-38-32(44)28(43(11)12)18-23(3)54-38)25(5)33(26(6)37(47)56-29)57-30-20-40(9,51-14)35(46)27(7)55-30/h22-30,32-36,38,44-46,48-49H,15-21H2,1-14H3/b42-31+/t22-,23?,24+,25+,26-,27?,28?,29-,30?,32?,33?,34-,35?,36-,38?,39-,40?,41-/m1/s1. The summed E-state index contributed by atoms with van der Waals surface area (Å²) in [6.45, 7) is 17.3. The van der Waals surface area contributed by atoms with Crippen molar-refractivity contribution in [3.05, 3.63) is 0 Å². The first-order chi connectivity index (χ1) is 27.0. The molecule has 17 heteroatoms. The number of carbonyl (C=O) groups is 1. The van der Waals surface area contributed by atoms with Crippen LogP contribution in [-0.4, -0.2) is 175 Å². The maximum Gasteiger partial charge on any atom is 0.311 e. The quantitative estimate of drug-likeness (QED) is 0.0778. The predicted octanol–water partition coefficient (Wildman–Crippen LogP) is 2.21. The van der Waals surface area contributed by atoms with Gasteiger partial charge >= 0.3 is 5.97 Å². The fourth-order valence-corrected chi connectivity index (χ4v) is 8.93. The van der Waals surface area contributed by atoms with Gasteiger partial charge in [0.2, 0.25) is 6.79 Å². The van der Waals surface area contributed by atoms with Gasteiger partial charge in [-0.15, -0.1) is 0 Å². The van der Waals surface area contributed by atoms with Crippen molar-refractivity contribution < 1.29 is 73.1 Å². The lowest BCUT2D eigenvalue weighted by atomic mass is 9.73. The van der Waals surface area contributed by atoms with E-state index in [-0.39, 0.29) is 44.8 Å². The number of hydrogen-bond acceptors (Lipinski definition) is 17. The molecule has 0 saturated carbocycles. The van der Waals surface area contributed by atoms with Crippen molar-refractivity contribution >= 4 is 11.7 Å². The van der Waals surface area contributed by atoms with Gasteiger partial charge in [-0.1, -0.05) is 32.9 Å². The Morgan fingerprint density at radius 2 is 1.55 bits per heavy atom. The zero-order valence-corrected chi connectivity index (χ0v) is 37.3. The number of methoxy groups -OCH3 is 2. The van der Waals surface area contributed by atoms with Crippen molar-refractivity contribution in [3.8, 4) is 0 Å². The average molecular weight is 837 g/mol. The van der Waals surface area contributed by atoms with Gasteiger partial charge in [0.25, 0.3) is 0 Å². The van der Waals surface area contributed by atoms with E-state index in [1.165, 1.54) is 14.0 Å². The minimum atomic E-state index is -1.97. The molecule has 3 aliphatic heterocycles. The first-order valence-electron chi connectivity index (χ1n) is 20.8. The van der Waals surface area contributed by atoms with Gasteiger partial charge in [0.05, 0.1) is 66.6 Å². The number of ether oxygens (including phenoxy) is 8. The number of oxime groups is 1. The minimum absolute atomic E-state index is 0.0307. The molecular weight excluding hydrogens is 760 g/mol. The Morgan fingerprint density at radius 3 is 2.14 bits per heavy atom. The molecule has 17 nitrogen and oxygen atoms in total. The molecule has 3 aliphatic rings. The number of cyclic esters (lactones) is 1. The van der Waals surface area contributed by atoms with Crippen LogP contribution in [0.1, 0.15) is 94.9 Å². The molecule has 3 rings (SSSR count). The number of nitrogens with zero attached hydrogens (tertiary/aromatic N) is 2. The van der Waals surface area contributed by atoms with Crippen LogP contribution in [-0.2, 0) is 47.5 Å². The fourth-order valence-electron chi connectivity index (χ4n) is 8.93. The molecule has 340 valence electrons. The number of likely N-dealkylation sites (N-methyl/N-ethyl adjacent to an activating group) is 1. The molecule has 0 aliphatic carbocycles. The Hall–Kier alpha value is -1.58. The summed E-state index contributed by atoms with van der Waals surface area (Å²) in [5.74, 6) is -4.14. The van der Waals surface area contributed by atoms with Gasteiger partial charge < -0.3 is 73.2 Å². The molecule has 3 saturated heterocycles. The number of carbonyl (C=O) groups excluding carboxylic acids is 1. The highest BCUT2D eigenvalue weighted by Crippen LogP contribution is 2.41. The largest absolute Gasteiger partial charge is 0.459 e.